The van der Waals surface area contributed by atoms with Crippen molar-refractivity contribution in [1.29, 1.82) is 0 Å². The number of carbonyl (C=O) groups is 1. The molecule has 5 heteroatoms. The summed E-state index contributed by atoms with van der Waals surface area (Å²) >= 11 is 1.51. The minimum absolute atomic E-state index is 0.189. The van der Waals surface area contributed by atoms with E-state index in [1.807, 2.05) is 66.2 Å². The molecule has 1 atom stereocenters. The van der Waals surface area contributed by atoms with E-state index in [1.54, 1.807) is 0 Å². The van der Waals surface area contributed by atoms with Crippen LogP contribution in [0.2, 0.25) is 0 Å². The summed E-state index contributed by atoms with van der Waals surface area (Å²) < 4.78 is 5.28. The number of hydrogen-bond donors (Lipinski definition) is 2. The summed E-state index contributed by atoms with van der Waals surface area (Å²) in [6.07, 6.45) is 1.85. The predicted octanol–water partition coefficient (Wildman–Crippen LogP) is 5.45. The van der Waals surface area contributed by atoms with Crippen molar-refractivity contribution >= 4 is 28.2 Å². The highest BCUT2D eigenvalue weighted by Crippen LogP contribution is 2.34. The van der Waals surface area contributed by atoms with E-state index in [0.717, 1.165) is 32.5 Å². The fourth-order valence-electron chi connectivity index (χ4n) is 3.19. The zero-order valence-electron chi connectivity index (χ0n) is 15.3. The van der Waals surface area contributed by atoms with Gasteiger partial charge in [-0.05, 0) is 35.1 Å². The molecule has 0 saturated carbocycles. The second-order valence-electron chi connectivity index (χ2n) is 6.69. The highest BCUT2D eigenvalue weighted by Gasteiger charge is 2.15. The molecule has 2 heterocycles. The molecule has 2 aromatic carbocycles. The smallest absolute Gasteiger partial charge is 0.306 e. The first-order valence-electron chi connectivity index (χ1n) is 9.23. The van der Waals surface area contributed by atoms with Gasteiger partial charge in [0.15, 0.2) is 0 Å². The Balaban J connectivity index is 1.34. The number of benzene rings is 2. The van der Waals surface area contributed by atoms with Crippen LogP contribution in [0.15, 0.2) is 72.2 Å². The highest BCUT2D eigenvalue weighted by molar-refractivity contribution is 7.10. The zero-order chi connectivity index (χ0) is 19.3. The number of aromatic amines is 1. The molecule has 0 fully saturated rings. The molecule has 4 rings (SSSR count). The van der Waals surface area contributed by atoms with Gasteiger partial charge in [0.25, 0.3) is 0 Å². The summed E-state index contributed by atoms with van der Waals surface area (Å²) in [5.74, 6) is -0.295. The van der Waals surface area contributed by atoms with E-state index in [9.17, 15) is 9.90 Å². The molecule has 0 amide bonds. The van der Waals surface area contributed by atoms with Crippen LogP contribution in [-0.4, -0.2) is 16.1 Å². The van der Waals surface area contributed by atoms with Crippen LogP contribution in [0.5, 0.6) is 0 Å². The van der Waals surface area contributed by atoms with E-state index in [-0.39, 0.29) is 19.0 Å². The number of aliphatic hydroxyl groups excluding tert-OH is 1. The normalized spacial score (nSPS) is 12.2. The molecule has 4 aromatic rings. The first kappa shape index (κ1) is 18.5. The Morgan fingerprint density at radius 3 is 2.75 bits per heavy atom. The van der Waals surface area contributed by atoms with Gasteiger partial charge in [0.2, 0.25) is 0 Å². The molecule has 28 heavy (non-hydrogen) atoms. The Kier molecular flexibility index (Phi) is 5.55. The van der Waals surface area contributed by atoms with Crippen molar-refractivity contribution in [2.24, 2.45) is 0 Å². The number of nitrogens with one attached hydrogen (secondary N) is 1. The van der Waals surface area contributed by atoms with Crippen molar-refractivity contribution in [2.45, 2.75) is 25.6 Å². The average molecular weight is 391 g/mol. The summed E-state index contributed by atoms with van der Waals surface area (Å²) in [5, 5.41) is 13.7. The molecule has 4 nitrogen and oxygen atoms in total. The van der Waals surface area contributed by atoms with Crippen molar-refractivity contribution in [3.05, 3.63) is 82.7 Å². The predicted molar refractivity (Wildman–Crippen MR) is 112 cm³/mol. The summed E-state index contributed by atoms with van der Waals surface area (Å²) in [5.41, 5.74) is 4.24. The molecular formula is C23H21NO3S. The summed E-state index contributed by atoms with van der Waals surface area (Å²) in [6, 6.07) is 19.7. The lowest BCUT2D eigenvalue weighted by molar-refractivity contribution is -0.145. The molecule has 0 radical (unpaired) electrons. The van der Waals surface area contributed by atoms with Crippen LogP contribution < -0.4 is 0 Å². The number of esters is 1. The lowest BCUT2D eigenvalue weighted by Gasteiger charge is -2.08. The zero-order valence-corrected chi connectivity index (χ0v) is 16.1. The van der Waals surface area contributed by atoms with Crippen LogP contribution in [0.1, 0.15) is 29.4 Å². The van der Waals surface area contributed by atoms with Gasteiger partial charge in [0, 0.05) is 34.0 Å². The Hall–Kier alpha value is -2.89. The summed E-state index contributed by atoms with van der Waals surface area (Å²) in [7, 11) is 0. The Bertz CT molecular complexity index is 1070. The molecule has 2 N–H and O–H groups in total. The summed E-state index contributed by atoms with van der Waals surface area (Å²) in [6.45, 7) is 0.263. The maximum atomic E-state index is 12.0. The van der Waals surface area contributed by atoms with Crippen LogP contribution >= 0.6 is 11.3 Å². The third kappa shape index (κ3) is 4.16. The third-order valence-electron chi connectivity index (χ3n) is 4.71. The minimum Gasteiger partial charge on any atom is -0.461 e. The monoisotopic (exact) mass is 391 g/mol. The van der Waals surface area contributed by atoms with Crippen molar-refractivity contribution in [3.8, 4) is 11.1 Å². The van der Waals surface area contributed by atoms with Gasteiger partial charge in [0.1, 0.15) is 6.61 Å². The van der Waals surface area contributed by atoms with Crippen LogP contribution in [0.25, 0.3) is 22.0 Å². The van der Waals surface area contributed by atoms with Crippen molar-refractivity contribution in [1.82, 2.24) is 4.98 Å². The maximum Gasteiger partial charge on any atom is 0.306 e. The fourth-order valence-corrected chi connectivity index (χ4v) is 4.11. The SMILES string of the molecule is O=C(CCC(O)c1cc(-c2c[nH]c3ccccc23)cs1)OCc1ccccc1. The van der Waals surface area contributed by atoms with Gasteiger partial charge in [-0.3, -0.25) is 4.79 Å². The molecule has 2 aromatic heterocycles. The lowest BCUT2D eigenvalue weighted by Crippen LogP contribution is -2.07. The van der Waals surface area contributed by atoms with Gasteiger partial charge in [-0.1, -0.05) is 48.5 Å². The van der Waals surface area contributed by atoms with Gasteiger partial charge in [-0.2, -0.15) is 0 Å². The van der Waals surface area contributed by atoms with Gasteiger partial charge in [-0.25, -0.2) is 0 Å². The van der Waals surface area contributed by atoms with E-state index < -0.39 is 6.10 Å². The topological polar surface area (TPSA) is 62.3 Å². The first-order chi connectivity index (χ1) is 13.7. The quantitative estimate of drug-likeness (QED) is 0.412. The first-order valence-corrected chi connectivity index (χ1v) is 10.1. The van der Waals surface area contributed by atoms with Gasteiger partial charge < -0.3 is 14.8 Å². The van der Waals surface area contributed by atoms with Gasteiger partial charge in [-0.15, -0.1) is 11.3 Å². The number of para-hydroxylation sites is 1. The number of rotatable bonds is 7. The number of hydrogen-bond acceptors (Lipinski definition) is 4. The minimum atomic E-state index is -0.673. The number of aromatic nitrogens is 1. The Labute approximate surface area is 167 Å². The molecule has 0 spiro atoms. The third-order valence-corrected chi connectivity index (χ3v) is 5.75. The van der Waals surface area contributed by atoms with E-state index in [0.29, 0.717) is 6.42 Å². The number of H-pyrrole nitrogens is 1. The molecule has 0 aliphatic rings. The van der Waals surface area contributed by atoms with Crippen molar-refractivity contribution in [3.63, 3.8) is 0 Å². The molecule has 0 aliphatic carbocycles. The van der Waals surface area contributed by atoms with E-state index in [4.69, 9.17) is 4.74 Å². The standard InChI is InChI=1S/C23H21NO3S/c25-21(10-11-23(26)27-14-16-6-2-1-3-7-16)22-12-17(15-28-22)19-13-24-20-9-5-4-8-18(19)20/h1-9,12-13,15,21,24-25H,10-11,14H2. The molecule has 0 saturated heterocycles. The number of aliphatic hydroxyl groups is 1. The van der Waals surface area contributed by atoms with Crippen molar-refractivity contribution in [2.75, 3.05) is 0 Å². The van der Waals surface area contributed by atoms with Crippen molar-refractivity contribution < 1.29 is 14.6 Å². The van der Waals surface area contributed by atoms with Crippen LogP contribution in [0, 0.1) is 0 Å². The largest absolute Gasteiger partial charge is 0.461 e. The molecular weight excluding hydrogens is 370 g/mol. The van der Waals surface area contributed by atoms with E-state index in [2.05, 4.69) is 11.1 Å². The van der Waals surface area contributed by atoms with E-state index in [1.165, 1.54) is 11.3 Å². The highest BCUT2D eigenvalue weighted by atomic mass is 32.1. The lowest BCUT2D eigenvalue weighted by atomic mass is 10.1. The van der Waals surface area contributed by atoms with Crippen LogP contribution in [0.3, 0.4) is 0 Å². The second kappa shape index (κ2) is 8.42. The molecule has 142 valence electrons. The Morgan fingerprint density at radius 2 is 1.89 bits per heavy atom. The molecule has 0 bridgehead atoms. The number of thiophene rings is 1. The fraction of sp³-hybridized carbons (Fsp3) is 0.174. The van der Waals surface area contributed by atoms with E-state index >= 15 is 0 Å². The second-order valence-corrected chi connectivity index (χ2v) is 7.63. The molecule has 0 aliphatic heterocycles. The molecule has 1 unspecified atom stereocenters. The number of carbonyl (C=O) groups excluding carboxylic acids is 1. The average Bonchev–Trinajstić information content (AvgIpc) is 3.38. The summed E-state index contributed by atoms with van der Waals surface area (Å²) in [4.78, 5) is 16.1. The number of fused-ring (bicyclic) bond motifs is 1. The Morgan fingerprint density at radius 1 is 1.11 bits per heavy atom. The van der Waals surface area contributed by atoms with Crippen LogP contribution in [0.4, 0.5) is 0 Å². The number of ether oxygens (including phenoxy) is 1. The van der Waals surface area contributed by atoms with Crippen LogP contribution in [-0.2, 0) is 16.1 Å². The maximum absolute atomic E-state index is 12.0. The van der Waals surface area contributed by atoms with Gasteiger partial charge >= 0.3 is 5.97 Å². The van der Waals surface area contributed by atoms with Gasteiger partial charge in [0.05, 0.1) is 6.10 Å².